The Morgan fingerprint density at radius 1 is 1.33 bits per heavy atom. The highest BCUT2D eigenvalue weighted by Gasteiger charge is 2.33. The molecule has 0 spiro atoms. The van der Waals surface area contributed by atoms with Gasteiger partial charge in [-0.1, -0.05) is 0 Å². The van der Waals surface area contributed by atoms with E-state index in [9.17, 15) is 13.2 Å². The molecular formula is C16H29F3IN5OS. The van der Waals surface area contributed by atoms with Crippen molar-refractivity contribution in [3.8, 4) is 0 Å². The molecular weight excluding hydrogens is 494 g/mol. The number of methoxy groups -OCH3 is 1. The average Bonchev–Trinajstić information content (AvgIpc) is 3.04. The number of alkyl halides is 3. The molecule has 0 saturated heterocycles. The first-order chi connectivity index (χ1) is 12.4. The Kier molecular flexibility index (Phi) is 14.0. The van der Waals surface area contributed by atoms with Gasteiger partial charge >= 0.3 is 6.18 Å². The van der Waals surface area contributed by atoms with Gasteiger partial charge in [0, 0.05) is 51.7 Å². The number of hydrogen-bond acceptors (Lipinski definition) is 5. The molecule has 0 fully saturated rings. The summed E-state index contributed by atoms with van der Waals surface area (Å²) in [6.45, 7) is 6.29. The molecule has 1 heterocycles. The fourth-order valence-electron chi connectivity index (χ4n) is 2.11. The summed E-state index contributed by atoms with van der Waals surface area (Å²) in [5.41, 5.74) is -0.824. The van der Waals surface area contributed by atoms with Crippen molar-refractivity contribution < 1.29 is 17.9 Å². The van der Waals surface area contributed by atoms with E-state index in [0.717, 1.165) is 42.8 Å². The van der Waals surface area contributed by atoms with E-state index in [1.807, 2.05) is 14.0 Å². The van der Waals surface area contributed by atoms with Crippen LogP contribution in [-0.4, -0.2) is 69.3 Å². The normalized spacial score (nSPS) is 12.2. The first-order valence-electron chi connectivity index (χ1n) is 8.58. The lowest BCUT2D eigenvalue weighted by atomic mass is 10.4. The van der Waals surface area contributed by atoms with Crippen LogP contribution in [0, 0.1) is 0 Å². The van der Waals surface area contributed by atoms with Crippen LogP contribution in [0.2, 0.25) is 0 Å². The Balaban J connectivity index is 0.00000676. The van der Waals surface area contributed by atoms with E-state index in [1.165, 1.54) is 0 Å². The summed E-state index contributed by atoms with van der Waals surface area (Å²) >= 11 is 1.02. The molecule has 0 aliphatic heterocycles. The summed E-state index contributed by atoms with van der Waals surface area (Å²) in [6.07, 6.45) is -2.99. The van der Waals surface area contributed by atoms with Crippen LogP contribution in [0.15, 0.2) is 10.4 Å². The van der Waals surface area contributed by atoms with Gasteiger partial charge in [-0.2, -0.15) is 13.2 Å². The first-order valence-corrected chi connectivity index (χ1v) is 9.46. The number of ether oxygens (including phenoxy) is 1. The minimum absolute atomic E-state index is 0. The molecule has 11 heteroatoms. The fraction of sp³-hybridized carbons (Fsp3) is 0.750. The molecule has 0 radical (unpaired) electrons. The number of guanidine groups is 1. The second-order valence-electron chi connectivity index (χ2n) is 5.71. The van der Waals surface area contributed by atoms with Crippen molar-refractivity contribution in [2.45, 2.75) is 25.9 Å². The zero-order valence-corrected chi connectivity index (χ0v) is 19.1. The molecule has 0 amide bonds. The predicted molar refractivity (Wildman–Crippen MR) is 114 cm³/mol. The molecule has 0 unspecified atom stereocenters. The Morgan fingerprint density at radius 2 is 2.07 bits per heavy atom. The number of nitrogens with one attached hydrogen (secondary N) is 2. The van der Waals surface area contributed by atoms with Gasteiger partial charge in [0.25, 0.3) is 0 Å². The highest BCUT2D eigenvalue weighted by Crippen LogP contribution is 2.29. The van der Waals surface area contributed by atoms with Crippen LogP contribution in [-0.2, 0) is 17.3 Å². The lowest BCUT2D eigenvalue weighted by molar-refractivity contribution is -0.140. The predicted octanol–water partition coefficient (Wildman–Crippen LogP) is 2.85. The molecule has 158 valence electrons. The summed E-state index contributed by atoms with van der Waals surface area (Å²) in [6, 6.07) is 0. The van der Waals surface area contributed by atoms with Crippen LogP contribution >= 0.6 is 35.3 Å². The van der Waals surface area contributed by atoms with Gasteiger partial charge in [0.15, 0.2) is 11.7 Å². The second-order valence-corrected chi connectivity index (χ2v) is 6.65. The van der Waals surface area contributed by atoms with E-state index in [1.54, 1.807) is 7.11 Å². The van der Waals surface area contributed by atoms with Gasteiger partial charge in [0.2, 0.25) is 0 Å². The van der Waals surface area contributed by atoms with Gasteiger partial charge in [0.1, 0.15) is 0 Å². The number of halogens is 4. The molecule has 6 nitrogen and oxygen atoms in total. The molecule has 0 aliphatic carbocycles. The maximum Gasteiger partial charge on any atom is 0.434 e. The quantitative estimate of drug-likeness (QED) is 0.202. The molecule has 0 bridgehead atoms. The Hall–Kier alpha value is -0.660. The van der Waals surface area contributed by atoms with Crippen molar-refractivity contribution in [1.82, 2.24) is 20.5 Å². The summed E-state index contributed by atoms with van der Waals surface area (Å²) in [5, 5.41) is 7.76. The van der Waals surface area contributed by atoms with Crippen LogP contribution < -0.4 is 10.6 Å². The number of hydrogen-bond donors (Lipinski definition) is 2. The molecule has 27 heavy (non-hydrogen) atoms. The van der Waals surface area contributed by atoms with E-state index < -0.39 is 11.9 Å². The fourth-order valence-corrected chi connectivity index (χ4v) is 2.91. The molecule has 0 aromatic carbocycles. The number of aromatic nitrogens is 1. The highest BCUT2D eigenvalue weighted by atomic mass is 127. The molecule has 2 N–H and O–H groups in total. The Labute approximate surface area is 180 Å². The third-order valence-electron chi connectivity index (χ3n) is 3.46. The van der Waals surface area contributed by atoms with Crippen LogP contribution in [0.5, 0.6) is 0 Å². The van der Waals surface area contributed by atoms with Gasteiger partial charge in [0.05, 0.1) is 11.6 Å². The van der Waals surface area contributed by atoms with Crippen LogP contribution in [0.25, 0.3) is 0 Å². The van der Waals surface area contributed by atoms with Crippen molar-refractivity contribution in [3.05, 3.63) is 16.1 Å². The van der Waals surface area contributed by atoms with Gasteiger partial charge in [-0.3, -0.25) is 4.99 Å². The molecule has 0 aliphatic rings. The maximum atomic E-state index is 12.5. The zero-order chi connectivity index (χ0) is 19.4. The summed E-state index contributed by atoms with van der Waals surface area (Å²) < 4.78 is 42.7. The van der Waals surface area contributed by atoms with Gasteiger partial charge < -0.3 is 20.3 Å². The van der Waals surface area contributed by atoms with Crippen LogP contribution in [0.4, 0.5) is 13.2 Å². The van der Waals surface area contributed by atoms with E-state index in [0.29, 0.717) is 37.0 Å². The monoisotopic (exact) mass is 523 g/mol. The molecule has 0 saturated carbocycles. The number of thiazole rings is 1. The third-order valence-corrected chi connectivity index (χ3v) is 4.37. The Bertz CT molecular complexity index is 542. The van der Waals surface area contributed by atoms with Crippen molar-refractivity contribution in [3.63, 3.8) is 0 Å². The number of rotatable bonds is 11. The SMILES string of the molecule is CCNC(=NCCN(C)CCCOC)NCCc1nc(C(F)(F)F)cs1.I. The summed E-state index contributed by atoms with van der Waals surface area (Å²) in [5.74, 6) is 0.658. The maximum absolute atomic E-state index is 12.5. The topological polar surface area (TPSA) is 61.8 Å². The minimum Gasteiger partial charge on any atom is -0.385 e. The van der Waals surface area contributed by atoms with E-state index >= 15 is 0 Å². The van der Waals surface area contributed by atoms with Crippen LogP contribution in [0.3, 0.4) is 0 Å². The van der Waals surface area contributed by atoms with E-state index in [-0.39, 0.29) is 24.0 Å². The largest absolute Gasteiger partial charge is 0.434 e. The summed E-state index contributed by atoms with van der Waals surface area (Å²) in [4.78, 5) is 10.3. The van der Waals surface area contributed by atoms with Gasteiger partial charge in [-0.15, -0.1) is 35.3 Å². The molecule has 0 atom stereocenters. The van der Waals surface area contributed by atoms with Crippen molar-refractivity contribution >= 4 is 41.3 Å². The molecule has 1 aromatic rings. The molecule has 1 aromatic heterocycles. The lowest BCUT2D eigenvalue weighted by Crippen LogP contribution is -2.39. The third kappa shape index (κ3) is 11.7. The van der Waals surface area contributed by atoms with Gasteiger partial charge in [-0.05, 0) is 20.4 Å². The minimum atomic E-state index is -4.38. The lowest BCUT2D eigenvalue weighted by Gasteiger charge is -2.16. The zero-order valence-electron chi connectivity index (χ0n) is 15.9. The van der Waals surface area contributed by atoms with E-state index in [4.69, 9.17) is 4.74 Å². The van der Waals surface area contributed by atoms with Crippen molar-refractivity contribution in [2.75, 3.05) is 53.5 Å². The smallest absolute Gasteiger partial charge is 0.385 e. The van der Waals surface area contributed by atoms with Crippen molar-refractivity contribution in [1.29, 1.82) is 0 Å². The second kappa shape index (κ2) is 14.4. The highest BCUT2D eigenvalue weighted by molar-refractivity contribution is 14.0. The van der Waals surface area contributed by atoms with E-state index in [2.05, 4.69) is 25.5 Å². The molecule has 1 rings (SSSR count). The van der Waals surface area contributed by atoms with Crippen molar-refractivity contribution in [2.24, 2.45) is 4.99 Å². The number of likely N-dealkylation sites (N-methyl/N-ethyl adjacent to an activating group) is 1. The van der Waals surface area contributed by atoms with Gasteiger partial charge in [-0.25, -0.2) is 4.98 Å². The summed E-state index contributed by atoms with van der Waals surface area (Å²) in [7, 11) is 3.72. The Morgan fingerprint density at radius 3 is 2.67 bits per heavy atom. The number of aliphatic imine (C=N–C) groups is 1. The average molecular weight is 523 g/mol. The van der Waals surface area contributed by atoms with Crippen LogP contribution in [0.1, 0.15) is 24.0 Å². The number of nitrogens with zero attached hydrogens (tertiary/aromatic N) is 3. The standard InChI is InChI=1S/C16H28F3N5OS.HI/c1-4-20-15(22-8-10-24(2)9-5-11-25-3)21-7-6-14-23-13(12-26-14)16(17,18)19;/h12H,4-11H2,1-3H3,(H2,20,21,22);1H. The first kappa shape index (κ1) is 26.3.